The average molecular weight is 431 g/mol. The van der Waals surface area contributed by atoms with Gasteiger partial charge < -0.3 is 15.4 Å². The van der Waals surface area contributed by atoms with Crippen LogP contribution in [0.4, 0.5) is 5.69 Å². The van der Waals surface area contributed by atoms with Crippen LogP contribution < -0.4 is 10.6 Å². The maximum Gasteiger partial charge on any atom is 0.325 e. The fourth-order valence-corrected chi connectivity index (χ4v) is 2.91. The number of hydrogen-bond acceptors (Lipinski definition) is 4. The number of carbonyl (C=O) groups excluding carboxylic acids is 3. The topological polar surface area (TPSA) is 84.5 Å². The lowest BCUT2D eigenvalue weighted by molar-refractivity contribution is -0.146. The molecule has 0 fully saturated rings. The smallest absolute Gasteiger partial charge is 0.325 e. The molecular formula is C21H16Cl2N2O4. The van der Waals surface area contributed by atoms with Gasteiger partial charge in [0, 0.05) is 16.6 Å². The van der Waals surface area contributed by atoms with Gasteiger partial charge in [-0.1, -0.05) is 59.6 Å². The van der Waals surface area contributed by atoms with E-state index in [0.29, 0.717) is 10.7 Å². The first-order valence-corrected chi connectivity index (χ1v) is 9.36. The van der Waals surface area contributed by atoms with Gasteiger partial charge in [-0.05, 0) is 29.7 Å². The van der Waals surface area contributed by atoms with Crippen molar-refractivity contribution in [3.05, 3.63) is 76.3 Å². The van der Waals surface area contributed by atoms with Crippen molar-refractivity contribution >= 4 is 57.4 Å². The molecule has 0 unspecified atom stereocenters. The fraction of sp³-hybridized carbons (Fsp3) is 0.0952. The predicted molar refractivity (Wildman–Crippen MR) is 112 cm³/mol. The molecule has 0 aliphatic carbocycles. The minimum atomic E-state index is -0.744. The molecule has 0 aromatic heterocycles. The van der Waals surface area contributed by atoms with Gasteiger partial charge in [-0.15, -0.1) is 0 Å². The Hall–Kier alpha value is -3.09. The molecule has 0 heterocycles. The highest BCUT2D eigenvalue weighted by atomic mass is 35.5. The van der Waals surface area contributed by atoms with Crippen LogP contribution in [0.25, 0.3) is 10.8 Å². The third-order valence-corrected chi connectivity index (χ3v) is 4.74. The zero-order valence-electron chi connectivity index (χ0n) is 15.1. The normalized spacial score (nSPS) is 10.4. The summed E-state index contributed by atoms with van der Waals surface area (Å²) in [5.41, 5.74) is 0.873. The zero-order valence-corrected chi connectivity index (χ0v) is 16.6. The molecule has 0 atom stereocenters. The third-order valence-electron chi connectivity index (χ3n) is 4.00. The van der Waals surface area contributed by atoms with Crippen LogP contribution in [-0.4, -0.2) is 30.9 Å². The van der Waals surface area contributed by atoms with Crippen LogP contribution in [0.1, 0.15) is 10.4 Å². The number of benzene rings is 3. The lowest BCUT2D eigenvalue weighted by Crippen LogP contribution is -2.32. The SMILES string of the molecule is O=C(COC(=O)CNC(=O)c1ccc(Cl)c(Cl)c1)Nc1cccc2ccccc12. The van der Waals surface area contributed by atoms with Crippen molar-refractivity contribution in [1.29, 1.82) is 0 Å². The number of esters is 1. The molecular weight excluding hydrogens is 415 g/mol. The molecule has 3 rings (SSSR count). The number of halogens is 2. The number of fused-ring (bicyclic) bond motifs is 1. The molecule has 0 saturated carbocycles. The second-order valence-corrected chi connectivity index (χ2v) is 6.86. The van der Waals surface area contributed by atoms with Gasteiger partial charge in [0.1, 0.15) is 6.54 Å². The van der Waals surface area contributed by atoms with Crippen LogP contribution in [-0.2, 0) is 14.3 Å². The summed E-state index contributed by atoms with van der Waals surface area (Å²) >= 11 is 11.7. The zero-order chi connectivity index (χ0) is 20.8. The Bertz CT molecular complexity index is 1080. The average Bonchev–Trinajstić information content (AvgIpc) is 2.72. The minimum Gasteiger partial charge on any atom is -0.454 e. The van der Waals surface area contributed by atoms with E-state index in [1.807, 2.05) is 36.4 Å². The fourth-order valence-electron chi connectivity index (χ4n) is 2.61. The van der Waals surface area contributed by atoms with Crippen molar-refractivity contribution in [2.24, 2.45) is 0 Å². The molecule has 29 heavy (non-hydrogen) atoms. The molecule has 8 heteroatoms. The Kier molecular flexibility index (Phi) is 6.69. The number of ether oxygens (including phenoxy) is 1. The van der Waals surface area contributed by atoms with E-state index in [0.717, 1.165) is 10.8 Å². The van der Waals surface area contributed by atoms with E-state index in [-0.39, 0.29) is 17.1 Å². The molecule has 3 aromatic carbocycles. The molecule has 2 N–H and O–H groups in total. The van der Waals surface area contributed by atoms with Crippen molar-refractivity contribution in [2.75, 3.05) is 18.5 Å². The van der Waals surface area contributed by atoms with Gasteiger partial charge in [-0.3, -0.25) is 14.4 Å². The summed E-state index contributed by atoms with van der Waals surface area (Å²) < 4.78 is 4.90. The lowest BCUT2D eigenvalue weighted by atomic mass is 10.1. The number of nitrogens with one attached hydrogen (secondary N) is 2. The highest BCUT2D eigenvalue weighted by Gasteiger charge is 2.12. The first-order valence-electron chi connectivity index (χ1n) is 8.60. The molecule has 0 aliphatic heterocycles. The van der Waals surface area contributed by atoms with Gasteiger partial charge in [0.05, 0.1) is 10.0 Å². The molecule has 6 nitrogen and oxygen atoms in total. The summed E-state index contributed by atoms with van der Waals surface area (Å²) in [6, 6.07) is 17.5. The molecule has 2 amide bonds. The minimum absolute atomic E-state index is 0.229. The molecule has 3 aromatic rings. The van der Waals surface area contributed by atoms with Crippen molar-refractivity contribution < 1.29 is 19.1 Å². The highest BCUT2D eigenvalue weighted by molar-refractivity contribution is 6.42. The summed E-state index contributed by atoms with van der Waals surface area (Å²) in [6.45, 7) is -0.856. The second-order valence-electron chi connectivity index (χ2n) is 6.05. The first-order chi connectivity index (χ1) is 13.9. The van der Waals surface area contributed by atoms with Crippen molar-refractivity contribution in [2.45, 2.75) is 0 Å². The van der Waals surface area contributed by atoms with Crippen LogP contribution in [0.5, 0.6) is 0 Å². The van der Waals surface area contributed by atoms with E-state index in [2.05, 4.69) is 10.6 Å². The van der Waals surface area contributed by atoms with E-state index < -0.39 is 24.4 Å². The monoisotopic (exact) mass is 430 g/mol. The molecule has 0 aliphatic rings. The number of rotatable bonds is 6. The van der Waals surface area contributed by atoms with Crippen molar-refractivity contribution in [1.82, 2.24) is 5.32 Å². The number of hydrogen-bond donors (Lipinski definition) is 2. The summed E-state index contributed by atoms with van der Waals surface area (Å²) in [6.07, 6.45) is 0. The van der Waals surface area contributed by atoms with Crippen LogP contribution in [0.3, 0.4) is 0 Å². The van der Waals surface area contributed by atoms with Crippen molar-refractivity contribution in [3.8, 4) is 0 Å². The van der Waals surface area contributed by atoms with Crippen LogP contribution in [0.15, 0.2) is 60.7 Å². The molecule has 0 radical (unpaired) electrons. The molecule has 0 spiro atoms. The summed E-state index contributed by atoms with van der Waals surface area (Å²) in [5, 5.41) is 7.51. The summed E-state index contributed by atoms with van der Waals surface area (Å²) in [7, 11) is 0. The predicted octanol–water partition coefficient (Wildman–Crippen LogP) is 4.06. The number of carbonyl (C=O) groups is 3. The van der Waals surface area contributed by atoms with E-state index in [1.165, 1.54) is 18.2 Å². The maximum absolute atomic E-state index is 12.1. The lowest BCUT2D eigenvalue weighted by Gasteiger charge is -2.10. The Morgan fingerprint density at radius 2 is 1.66 bits per heavy atom. The van der Waals surface area contributed by atoms with E-state index in [1.54, 1.807) is 6.07 Å². The van der Waals surface area contributed by atoms with Crippen LogP contribution >= 0.6 is 23.2 Å². The van der Waals surface area contributed by atoms with Crippen molar-refractivity contribution in [3.63, 3.8) is 0 Å². The Labute approximate surface area is 176 Å². The second kappa shape index (κ2) is 9.41. The Balaban J connectivity index is 1.48. The standard InChI is InChI=1S/C21H16Cl2N2O4/c22-16-9-8-14(10-17(16)23)21(28)24-11-20(27)29-12-19(26)25-18-7-3-5-13-4-1-2-6-15(13)18/h1-10H,11-12H2,(H,24,28)(H,25,26). The maximum atomic E-state index is 12.1. The molecule has 0 saturated heterocycles. The van der Waals surface area contributed by atoms with E-state index in [4.69, 9.17) is 27.9 Å². The van der Waals surface area contributed by atoms with Gasteiger partial charge in [-0.2, -0.15) is 0 Å². The highest BCUT2D eigenvalue weighted by Crippen LogP contribution is 2.23. The van der Waals surface area contributed by atoms with E-state index in [9.17, 15) is 14.4 Å². The van der Waals surface area contributed by atoms with Crippen LogP contribution in [0.2, 0.25) is 10.0 Å². The largest absolute Gasteiger partial charge is 0.454 e. The van der Waals surface area contributed by atoms with Gasteiger partial charge in [0.25, 0.3) is 11.8 Å². The summed E-state index contributed by atoms with van der Waals surface area (Å²) in [4.78, 5) is 35.9. The van der Waals surface area contributed by atoms with Gasteiger partial charge in [0.15, 0.2) is 6.61 Å². The van der Waals surface area contributed by atoms with E-state index >= 15 is 0 Å². The first kappa shape index (κ1) is 20.6. The Morgan fingerprint density at radius 3 is 2.45 bits per heavy atom. The third kappa shape index (κ3) is 5.47. The summed E-state index contributed by atoms with van der Waals surface area (Å²) in [5.74, 6) is -1.74. The van der Waals surface area contributed by atoms with Gasteiger partial charge in [0.2, 0.25) is 0 Å². The molecule has 148 valence electrons. The number of anilines is 1. The van der Waals surface area contributed by atoms with Crippen LogP contribution in [0, 0.1) is 0 Å². The van der Waals surface area contributed by atoms with Gasteiger partial charge >= 0.3 is 5.97 Å². The number of amides is 2. The molecule has 0 bridgehead atoms. The Morgan fingerprint density at radius 1 is 0.897 bits per heavy atom. The quantitative estimate of drug-likeness (QED) is 0.577. The van der Waals surface area contributed by atoms with Gasteiger partial charge in [-0.25, -0.2) is 0 Å².